The minimum Gasteiger partial charge on any atom is -0.455 e. The first kappa shape index (κ1) is 21.5. The molecule has 0 aliphatic heterocycles. The fourth-order valence-electron chi connectivity index (χ4n) is 3.98. The number of esters is 1. The molecule has 0 N–H and O–H groups in total. The number of halogens is 1. The molecule has 0 aliphatic rings. The molecule has 6 nitrogen and oxygen atoms in total. The van der Waals surface area contributed by atoms with Gasteiger partial charge in [-0.2, -0.15) is 0 Å². The van der Waals surface area contributed by atoms with E-state index in [9.17, 15) is 9.18 Å². The molecule has 0 unspecified atom stereocenters. The van der Waals surface area contributed by atoms with E-state index in [2.05, 4.69) is 15.3 Å². The second-order valence-corrected chi connectivity index (χ2v) is 7.91. The maximum atomic E-state index is 13.9. The van der Waals surface area contributed by atoms with Crippen molar-refractivity contribution in [3.05, 3.63) is 113 Å². The molecule has 0 fully saturated rings. The molecule has 5 rings (SSSR count). The van der Waals surface area contributed by atoms with Crippen molar-refractivity contribution in [2.75, 3.05) is 0 Å². The summed E-state index contributed by atoms with van der Waals surface area (Å²) in [5.41, 5.74) is 4.49. The van der Waals surface area contributed by atoms with Gasteiger partial charge in [0.1, 0.15) is 18.1 Å². The van der Waals surface area contributed by atoms with Crippen molar-refractivity contribution in [1.82, 2.24) is 20.0 Å². The first-order valence-corrected chi connectivity index (χ1v) is 10.8. The van der Waals surface area contributed by atoms with Gasteiger partial charge in [-0.15, -0.1) is 5.10 Å². The SMILES string of the molecule is Cc1nc2ccccc2c(-c2ccccc2)c1C(=O)OCc1cn(Cc2ccccc2F)nn1. The Morgan fingerprint density at radius 3 is 2.53 bits per heavy atom. The maximum absolute atomic E-state index is 13.9. The minimum absolute atomic E-state index is 0.0589. The van der Waals surface area contributed by atoms with Crippen LogP contribution in [0, 0.1) is 12.7 Å². The van der Waals surface area contributed by atoms with Crippen LogP contribution in [0.1, 0.15) is 27.3 Å². The monoisotopic (exact) mass is 452 g/mol. The van der Waals surface area contributed by atoms with Gasteiger partial charge in [0.15, 0.2) is 0 Å². The maximum Gasteiger partial charge on any atom is 0.341 e. The van der Waals surface area contributed by atoms with Crippen LogP contribution in [0.15, 0.2) is 85.1 Å². The number of benzene rings is 3. The van der Waals surface area contributed by atoms with Crippen LogP contribution < -0.4 is 0 Å². The van der Waals surface area contributed by atoms with E-state index in [0.717, 1.165) is 22.0 Å². The summed E-state index contributed by atoms with van der Waals surface area (Å²) in [7, 11) is 0. The number of fused-ring (bicyclic) bond motifs is 1. The van der Waals surface area contributed by atoms with Crippen molar-refractivity contribution < 1.29 is 13.9 Å². The molecular weight excluding hydrogens is 431 g/mol. The van der Waals surface area contributed by atoms with Crippen LogP contribution in [-0.2, 0) is 17.9 Å². The van der Waals surface area contributed by atoms with Gasteiger partial charge in [0.2, 0.25) is 0 Å². The first-order chi connectivity index (χ1) is 16.6. The highest BCUT2D eigenvalue weighted by molar-refractivity contribution is 6.07. The number of carbonyl (C=O) groups is 1. The predicted molar refractivity (Wildman–Crippen MR) is 127 cm³/mol. The van der Waals surface area contributed by atoms with Gasteiger partial charge < -0.3 is 4.74 Å². The Bertz CT molecular complexity index is 1480. The Morgan fingerprint density at radius 2 is 1.71 bits per heavy atom. The van der Waals surface area contributed by atoms with Gasteiger partial charge in [-0.1, -0.05) is 71.9 Å². The molecule has 7 heteroatoms. The van der Waals surface area contributed by atoms with Gasteiger partial charge in [0.05, 0.1) is 29.5 Å². The second-order valence-electron chi connectivity index (χ2n) is 7.91. The third kappa shape index (κ3) is 4.28. The molecular formula is C27H21FN4O2. The molecule has 0 amide bonds. The van der Waals surface area contributed by atoms with Crippen molar-refractivity contribution >= 4 is 16.9 Å². The van der Waals surface area contributed by atoms with Gasteiger partial charge in [0.25, 0.3) is 0 Å². The number of ether oxygens (including phenoxy) is 1. The van der Waals surface area contributed by atoms with Crippen LogP contribution in [0.3, 0.4) is 0 Å². The molecule has 34 heavy (non-hydrogen) atoms. The average molecular weight is 452 g/mol. The van der Waals surface area contributed by atoms with E-state index in [0.29, 0.717) is 22.5 Å². The number of aromatic nitrogens is 4. The van der Waals surface area contributed by atoms with Crippen LogP contribution in [0.4, 0.5) is 4.39 Å². The lowest BCUT2D eigenvalue weighted by molar-refractivity contribution is 0.0467. The third-order valence-electron chi connectivity index (χ3n) is 5.57. The van der Waals surface area contributed by atoms with Crippen molar-refractivity contribution in [3.8, 4) is 11.1 Å². The number of para-hydroxylation sites is 1. The summed E-state index contributed by atoms with van der Waals surface area (Å²) in [4.78, 5) is 17.9. The normalized spacial score (nSPS) is 11.0. The Hall–Kier alpha value is -4.39. The van der Waals surface area contributed by atoms with Crippen molar-refractivity contribution in [2.24, 2.45) is 0 Å². The molecule has 5 aromatic rings. The third-order valence-corrected chi connectivity index (χ3v) is 5.57. The summed E-state index contributed by atoms with van der Waals surface area (Å²) in [6.45, 7) is 1.98. The average Bonchev–Trinajstić information content (AvgIpc) is 3.31. The van der Waals surface area contributed by atoms with Gasteiger partial charge in [-0.05, 0) is 24.6 Å². The number of aryl methyl sites for hydroxylation is 1. The molecule has 0 spiro atoms. The van der Waals surface area contributed by atoms with E-state index in [4.69, 9.17) is 4.74 Å². The van der Waals surface area contributed by atoms with Crippen LogP contribution in [-0.4, -0.2) is 25.9 Å². The van der Waals surface area contributed by atoms with Crippen molar-refractivity contribution in [3.63, 3.8) is 0 Å². The standard InChI is InChI=1S/C27H21FN4O2/c1-18-25(26(19-9-3-2-4-10-19)22-12-6-8-14-24(22)29-18)27(33)34-17-21-16-32(31-30-21)15-20-11-5-7-13-23(20)28/h2-14,16H,15,17H2,1H3. The van der Waals surface area contributed by atoms with Crippen LogP contribution >= 0.6 is 0 Å². The number of carbonyl (C=O) groups excluding carboxylic acids is 1. The summed E-state index contributed by atoms with van der Waals surface area (Å²) < 4.78 is 21.1. The van der Waals surface area contributed by atoms with Crippen LogP contribution in [0.25, 0.3) is 22.0 Å². The Labute approximate surface area is 195 Å². The lowest BCUT2D eigenvalue weighted by atomic mass is 9.94. The molecule has 0 aliphatic carbocycles. The molecule has 3 aromatic carbocycles. The summed E-state index contributed by atoms with van der Waals surface area (Å²) in [5.74, 6) is -0.794. The topological polar surface area (TPSA) is 69.9 Å². The number of rotatable bonds is 6. The molecule has 2 heterocycles. The zero-order chi connectivity index (χ0) is 23.5. The van der Waals surface area contributed by atoms with E-state index >= 15 is 0 Å². The number of hydrogen-bond donors (Lipinski definition) is 0. The summed E-state index contributed by atoms with van der Waals surface area (Å²) in [5, 5.41) is 8.96. The Kier molecular flexibility index (Phi) is 5.82. The molecule has 0 radical (unpaired) electrons. The largest absolute Gasteiger partial charge is 0.455 e. The van der Waals surface area contributed by atoms with Crippen LogP contribution in [0.5, 0.6) is 0 Å². The summed E-state index contributed by atoms with van der Waals surface area (Å²) in [6.07, 6.45) is 1.64. The number of pyridine rings is 1. The smallest absolute Gasteiger partial charge is 0.341 e. The highest BCUT2D eigenvalue weighted by Gasteiger charge is 2.22. The number of nitrogens with zero attached hydrogens (tertiary/aromatic N) is 4. The zero-order valence-electron chi connectivity index (χ0n) is 18.5. The molecule has 0 bridgehead atoms. The predicted octanol–water partition coefficient (Wildman–Crippen LogP) is 5.35. The first-order valence-electron chi connectivity index (χ1n) is 10.8. The quantitative estimate of drug-likeness (QED) is 0.325. The zero-order valence-corrected chi connectivity index (χ0v) is 18.5. The van der Waals surface area contributed by atoms with Gasteiger partial charge in [-0.3, -0.25) is 4.98 Å². The summed E-state index contributed by atoms with van der Waals surface area (Å²) >= 11 is 0. The van der Waals surface area contributed by atoms with Crippen LogP contribution in [0.2, 0.25) is 0 Å². The van der Waals surface area contributed by atoms with E-state index < -0.39 is 5.97 Å². The fourth-order valence-corrected chi connectivity index (χ4v) is 3.98. The Morgan fingerprint density at radius 1 is 0.971 bits per heavy atom. The van der Waals surface area contributed by atoms with E-state index in [1.807, 2.05) is 54.6 Å². The summed E-state index contributed by atoms with van der Waals surface area (Å²) in [6, 6.07) is 24.0. The molecule has 168 valence electrons. The molecule has 2 aromatic heterocycles. The fraction of sp³-hybridized carbons (Fsp3) is 0.111. The second kappa shape index (κ2) is 9.23. The van der Waals surface area contributed by atoms with Gasteiger partial charge in [0, 0.05) is 16.5 Å². The molecule has 0 atom stereocenters. The highest BCUT2D eigenvalue weighted by atomic mass is 19.1. The van der Waals surface area contributed by atoms with E-state index in [-0.39, 0.29) is 19.0 Å². The Balaban J connectivity index is 1.41. The van der Waals surface area contributed by atoms with Crippen molar-refractivity contribution in [1.29, 1.82) is 0 Å². The molecule has 0 saturated heterocycles. The molecule has 0 saturated carbocycles. The minimum atomic E-state index is -0.488. The lowest BCUT2D eigenvalue weighted by Crippen LogP contribution is -2.11. The van der Waals surface area contributed by atoms with E-state index in [1.165, 1.54) is 10.7 Å². The highest BCUT2D eigenvalue weighted by Crippen LogP contribution is 2.33. The lowest BCUT2D eigenvalue weighted by Gasteiger charge is -2.15. The van der Waals surface area contributed by atoms with Gasteiger partial charge >= 0.3 is 5.97 Å². The number of hydrogen-bond acceptors (Lipinski definition) is 5. The van der Waals surface area contributed by atoms with Gasteiger partial charge in [-0.25, -0.2) is 13.9 Å². The van der Waals surface area contributed by atoms with Crippen molar-refractivity contribution in [2.45, 2.75) is 20.1 Å². The van der Waals surface area contributed by atoms with E-state index in [1.54, 1.807) is 31.3 Å².